The molecule has 148 valence electrons. The minimum Gasteiger partial charge on any atom is -0.369 e. The maximum absolute atomic E-state index is 13.2. The highest BCUT2D eigenvalue weighted by Gasteiger charge is 2.41. The highest BCUT2D eigenvalue weighted by molar-refractivity contribution is 7.20. The van der Waals surface area contributed by atoms with Crippen LogP contribution in [0, 0.1) is 12.8 Å². The van der Waals surface area contributed by atoms with Crippen LogP contribution in [0.15, 0.2) is 18.0 Å². The molecule has 2 atom stereocenters. The van der Waals surface area contributed by atoms with Crippen LogP contribution in [-0.4, -0.2) is 39.9 Å². The van der Waals surface area contributed by atoms with Gasteiger partial charge in [0.25, 0.3) is 5.91 Å². The van der Waals surface area contributed by atoms with E-state index >= 15 is 0 Å². The Morgan fingerprint density at radius 1 is 1.32 bits per heavy atom. The molecule has 2 bridgehead atoms. The van der Waals surface area contributed by atoms with E-state index in [1.807, 2.05) is 0 Å². The van der Waals surface area contributed by atoms with Crippen LogP contribution in [0.3, 0.4) is 0 Å². The van der Waals surface area contributed by atoms with Crippen molar-refractivity contribution in [3.63, 3.8) is 0 Å². The van der Waals surface area contributed by atoms with E-state index in [4.69, 9.17) is 0 Å². The molecule has 3 aliphatic rings. The lowest BCUT2D eigenvalue weighted by atomic mass is 9.97. The van der Waals surface area contributed by atoms with Crippen LogP contribution in [0.2, 0.25) is 0 Å². The second-order valence-electron chi connectivity index (χ2n) is 8.53. The standard InChI is InChI=1S/C22H28N4OS/c1-14-18-20(23-10-9-15-5-3-2-4-6-15)24-13-25-21(18)28-19(14)22(27)26-12-16-7-8-17(26)11-16/h5,13,16-17H,2-4,6-12H2,1H3,(H,23,24,25). The van der Waals surface area contributed by atoms with Crippen molar-refractivity contribution in [1.29, 1.82) is 0 Å². The third-order valence-corrected chi connectivity index (χ3v) is 7.90. The minimum atomic E-state index is 0.200. The number of aryl methyl sites for hydroxylation is 1. The largest absolute Gasteiger partial charge is 0.369 e. The molecule has 6 heteroatoms. The van der Waals surface area contributed by atoms with Crippen LogP contribution < -0.4 is 5.32 Å². The molecule has 5 nitrogen and oxygen atoms in total. The van der Waals surface area contributed by atoms with E-state index in [-0.39, 0.29) is 5.91 Å². The molecule has 0 radical (unpaired) electrons. The second kappa shape index (κ2) is 7.47. The van der Waals surface area contributed by atoms with Crippen molar-refractivity contribution in [1.82, 2.24) is 14.9 Å². The van der Waals surface area contributed by atoms with Crippen LogP contribution >= 0.6 is 11.3 Å². The first-order valence-electron chi connectivity index (χ1n) is 10.7. The number of nitrogens with zero attached hydrogens (tertiary/aromatic N) is 3. The van der Waals surface area contributed by atoms with Crippen LogP contribution in [-0.2, 0) is 0 Å². The minimum absolute atomic E-state index is 0.200. The first-order valence-corrected chi connectivity index (χ1v) is 11.5. The van der Waals surface area contributed by atoms with Gasteiger partial charge in [-0.25, -0.2) is 9.97 Å². The number of allylic oxidation sites excluding steroid dienone is 1. The molecular weight excluding hydrogens is 368 g/mol. The van der Waals surface area contributed by atoms with Gasteiger partial charge in [0, 0.05) is 19.1 Å². The number of piperidine rings is 1. The predicted molar refractivity (Wildman–Crippen MR) is 114 cm³/mol. The lowest BCUT2D eigenvalue weighted by molar-refractivity contribution is 0.0708. The van der Waals surface area contributed by atoms with Crippen molar-refractivity contribution in [2.45, 2.75) is 64.3 Å². The van der Waals surface area contributed by atoms with Crippen molar-refractivity contribution < 1.29 is 4.79 Å². The Labute approximate surface area is 170 Å². The quantitative estimate of drug-likeness (QED) is 0.728. The van der Waals surface area contributed by atoms with E-state index in [1.165, 1.54) is 56.3 Å². The average Bonchev–Trinajstić information content (AvgIpc) is 3.43. The summed E-state index contributed by atoms with van der Waals surface area (Å²) in [6.07, 6.45) is 13.8. The maximum Gasteiger partial charge on any atom is 0.264 e. The number of likely N-dealkylation sites (tertiary alicyclic amines) is 1. The smallest absolute Gasteiger partial charge is 0.264 e. The number of hydrogen-bond donors (Lipinski definition) is 1. The monoisotopic (exact) mass is 396 g/mol. The molecule has 0 aromatic carbocycles. The van der Waals surface area contributed by atoms with E-state index in [0.717, 1.165) is 51.9 Å². The molecule has 2 unspecified atom stereocenters. The van der Waals surface area contributed by atoms with E-state index in [0.29, 0.717) is 6.04 Å². The Morgan fingerprint density at radius 3 is 3.00 bits per heavy atom. The maximum atomic E-state index is 13.2. The SMILES string of the molecule is Cc1c(C(=O)N2CC3CCC2C3)sc2ncnc(NCCC3=CCCCC3)c12. The Bertz CT molecular complexity index is 934. The van der Waals surface area contributed by atoms with E-state index < -0.39 is 0 Å². The summed E-state index contributed by atoms with van der Waals surface area (Å²) in [5, 5.41) is 4.54. The van der Waals surface area contributed by atoms with Gasteiger partial charge in [0.05, 0.1) is 10.3 Å². The topological polar surface area (TPSA) is 58.1 Å². The lowest BCUT2D eigenvalue weighted by Gasteiger charge is -2.26. The summed E-state index contributed by atoms with van der Waals surface area (Å²) in [5.74, 6) is 1.79. The summed E-state index contributed by atoms with van der Waals surface area (Å²) >= 11 is 1.53. The van der Waals surface area contributed by atoms with Gasteiger partial charge in [0.1, 0.15) is 17.0 Å². The van der Waals surface area contributed by atoms with Gasteiger partial charge in [0.15, 0.2) is 0 Å². The summed E-state index contributed by atoms with van der Waals surface area (Å²) in [5.41, 5.74) is 2.60. The molecule has 2 aliphatic carbocycles. The van der Waals surface area contributed by atoms with Gasteiger partial charge < -0.3 is 10.2 Å². The zero-order valence-electron chi connectivity index (χ0n) is 16.5. The van der Waals surface area contributed by atoms with Crippen LogP contribution in [0.1, 0.15) is 66.6 Å². The normalized spacial score (nSPS) is 24.0. The summed E-state index contributed by atoms with van der Waals surface area (Å²) in [6, 6.07) is 0.453. The second-order valence-corrected chi connectivity index (χ2v) is 9.53. The third-order valence-electron chi connectivity index (χ3n) is 6.71. The molecule has 1 saturated heterocycles. The summed E-state index contributed by atoms with van der Waals surface area (Å²) in [6.45, 7) is 3.87. The molecule has 5 rings (SSSR count). The van der Waals surface area contributed by atoms with Gasteiger partial charge in [0.2, 0.25) is 0 Å². The van der Waals surface area contributed by atoms with Crippen LogP contribution in [0.25, 0.3) is 10.2 Å². The van der Waals surface area contributed by atoms with Gasteiger partial charge in [-0.05, 0) is 69.8 Å². The number of rotatable bonds is 5. The first kappa shape index (κ1) is 18.1. The number of thiophene rings is 1. The molecule has 1 aliphatic heterocycles. The molecule has 1 saturated carbocycles. The number of fused-ring (bicyclic) bond motifs is 3. The molecular formula is C22H28N4OS. The number of amides is 1. The lowest BCUT2D eigenvalue weighted by Crippen LogP contribution is -2.37. The van der Waals surface area contributed by atoms with Crippen LogP contribution in [0.5, 0.6) is 0 Å². The van der Waals surface area contributed by atoms with E-state index in [1.54, 1.807) is 11.9 Å². The van der Waals surface area contributed by atoms with Gasteiger partial charge >= 0.3 is 0 Å². The van der Waals surface area contributed by atoms with Gasteiger partial charge in [-0.1, -0.05) is 11.6 Å². The fourth-order valence-corrected chi connectivity index (χ4v) is 6.29. The highest BCUT2D eigenvalue weighted by Crippen LogP contribution is 2.40. The number of carbonyl (C=O) groups is 1. The van der Waals surface area contributed by atoms with Crippen LogP contribution in [0.4, 0.5) is 5.82 Å². The Hall–Kier alpha value is -1.95. The van der Waals surface area contributed by atoms with Crippen molar-refractivity contribution in [3.05, 3.63) is 28.4 Å². The molecule has 2 fully saturated rings. The number of hydrogen-bond acceptors (Lipinski definition) is 5. The fraction of sp³-hybridized carbons (Fsp3) is 0.591. The molecule has 3 heterocycles. The Kier molecular flexibility index (Phi) is 4.83. The van der Waals surface area contributed by atoms with Gasteiger partial charge in [-0.3, -0.25) is 4.79 Å². The van der Waals surface area contributed by atoms with Gasteiger partial charge in [-0.2, -0.15) is 0 Å². The van der Waals surface area contributed by atoms with Crippen molar-refractivity contribution in [3.8, 4) is 0 Å². The Morgan fingerprint density at radius 2 is 2.25 bits per heavy atom. The highest BCUT2D eigenvalue weighted by atomic mass is 32.1. The molecule has 28 heavy (non-hydrogen) atoms. The first-order chi connectivity index (χ1) is 13.7. The predicted octanol–water partition coefficient (Wildman–Crippen LogP) is 4.93. The number of aromatic nitrogens is 2. The van der Waals surface area contributed by atoms with Crippen molar-refractivity contribution in [2.75, 3.05) is 18.4 Å². The average molecular weight is 397 g/mol. The van der Waals surface area contributed by atoms with E-state index in [2.05, 4.69) is 33.2 Å². The third kappa shape index (κ3) is 3.21. The van der Waals surface area contributed by atoms with E-state index in [9.17, 15) is 4.79 Å². The molecule has 2 aromatic rings. The number of anilines is 1. The van der Waals surface area contributed by atoms with Crippen molar-refractivity contribution >= 4 is 33.3 Å². The molecule has 1 N–H and O–H groups in total. The van der Waals surface area contributed by atoms with Gasteiger partial charge in [-0.15, -0.1) is 11.3 Å². The number of carbonyl (C=O) groups excluding carboxylic acids is 1. The Balaban J connectivity index is 1.36. The zero-order valence-corrected chi connectivity index (χ0v) is 17.4. The fourth-order valence-electron chi connectivity index (χ4n) is 5.19. The molecule has 2 aromatic heterocycles. The molecule has 1 amide bonds. The summed E-state index contributed by atoms with van der Waals surface area (Å²) in [7, 11) is 0. The molecule has 0 spiro atoms. The number of nitrogens with one attached hydrogen (secondary N) is 1. The van der Waals surface area contributed by atoms with Crippen molar-refractivity contribution in [2.24, 2.45) is 5.92 Å². The zero-order chi connectivity index (χ0) is 19.1. The summed E-state index contributed by atoms with van der Waals surface area (Å²) in [4.78, 5) is 26.1. The summed E-state index contributed by atoms with van der Waals surface area (Å²) < 4.78 is 0.